The number of benzene rings is 2. The van der Waals surface area contributed by atoms with Gasteiger partial charge in [-0.15, -0.1) is 0 Å². The number of aromatic nitrogens is 3. The molecular formula is C24H24FN3O4. The van der Waals surface area contributed by atoms with Gasteiger partial charge in [0.15, 0.2) is 11.5 Å². The summed E-state index contributed by atoms with van der Waals surface area (Å²) in [5.41, 5.74) is 6.33. The molecule has 8 heteroatoms. The Hall–Kier alpha value is -3.94. The van der Waals surface area contributed by atoms with Crippen molar-refractivity contribution in [3.05, 3.63) is 65.2 Å². The van der Waals surface area contributed by atoms with Crippen LogP contribution < -0.4 is 9.47 Å². The van der Waals surface area contributed by atoms with Crippen LogP contribution in [0.15, 0.2) is 42.5 Å². The fourth-order valence-electron chi connectivity index (χ4n) is 3.70. The average Bonchev–Trinajstić information content (AvgIpc) is 3.07. The topological polar surface area (TPSA) is 86.5 Å². The molecule has 0 unspecified atom stereocenters. The number of methoxy groups -OCH3 is 2. The summed E-state index contributed by atoms with van der Waals surface area (Å²) in [6.07, 6.45) is 0. The number of halogens is 1. The summed E-state index contributed by atoms with van der Waals surface area (Å²) < 4.78 is 26.0. The first kappa shape index (κ1) is 22.7. The van der Waals surface area contributed by atoms with E-state index in [0.29, 0.717) is 11.5 Å². The van der Waals surface area contributed by atoms with Gasteiger partial charge >= 0.3 is 0 Å². The van der Waals surface area contributed by atoms with E-state index in [1.165, 1.54) is 12.1 Å². The maximum Gasteiger partial charge on any atom is 0.290 e. The molecule has 0 atom stereocenters. The highest BCUT2D eigenvalue weighted by Crippen LogP contribution is 2.35. The highest BCUT2D eigenvalue weighted by atomic mass is 19.1. The molecule has 0 bridgehead atoms. The molecule has 4 rings (SSSR count). The van der Waals surface area contributed by atoms with Crippen molar-refractivity contribution in [3.8, 4) is 28.4 Å². The largest absolute Gasteiger partial charge is 0.493 e. The maximum absolute atomic E-state index is 13.3. The van der Waals surface area contributed by atoms with E-state index in [2.05, 4.69) is 18.1 Å². The Bertz CT molecular complexity index is 1270. The second kappa shape index (κ2) is 9.47. The highest BCUT2D eigenvalue weighted by Gasteiger charge is 2.18. The normalized spacial score (nSPS) is 10.4. The predicted octanol–water partition coefficient (Wildman–Crippen LogP) is 4.87. The van der Waals surface area contributed by atoms with Crippen LogP contribution in [0.25, 0.3) is 27.8 Å². The minimum atomic E-state index is -0.272. The molecule has 0 saturated heterocycles. The second-order valence-corrected chi connectivity index (χ2v) is 7.09. The number of fused-ring (bicyclic) bond motifs is 1. The van der Waals surface area contributed by atoms with Crippen LogP contribution >= 0.6 is 0 Å². The molecule has 0 aliphatic carbocycles. The lowest BCUT2D eigenvalue weighted by Gasteiger charge is -2.12. The third-order valence-electron chi connectivity index (χ3n) is 5.14. The van der Waals surface area contributed by atoms with E-state index < -0.39 is 0 Å². The molecule has 32 heavy (non-hydrogen) atoms. The zero-order valence-electron chi connectivity index (χ0n) is 18.5. The van der Waals surface area contributed by atoms with Gasteiger partial charge in [0.2, 0.25) is 0 Å². The van der Waals surface area contributed by atoms with E-state index >= 15 is 0 Å². The van der Waals surface area contributed by atoms with Gasteiger partial charge < -0.3 is 14.6 Å². The van der Waals surface area contributed by atoms with Crippen LogP contribution in [-0.2, 0) is 4.79 Å². The first-order chi connectivity index (χ1) is 15.3. The lowest BCUT2D eigenvalue weighted by atomic mass is 10.0. The van der Waals surface area contributed by atoms with Gasteiger partial charge in [0.1, 0.15) is 5.82 Å². The molecule has 0 saturated carbocycles. The van der Waals surface area contributed by atoms with Crippen molar-refractivity contribution >= 4 is 17.4 Å². The monoisotopic (exact) mass is 437 g/mol. The summed E-state index contributed by atoms with van der Waals surface area (Å²) in [7, 11) is 3.23. The fourth-order valence-corrected chi connectivity index (χ4v) is 3.70. The van der Waals surface area contributed by atoms with Gasteiger partial charge in [-0.3, -0.25) is 4.79 Å². The second-order valence-electron chi connectivity index (χ2n) is 7.09. The molecule has 7 nitrogen and oxygen atoms in total. The highest BCUT2D eigenvalue weighted by molar-refractivity contribution is 5.88. The van der Waals surface area contributed by atoms with Gasteiger partial charge in [0.05, 0.1) is 42.5 Å². The SMILES string of the molecule is COc1cc2nc(-c3c(C)nn(-c4ccc(F)cc4)c3C)cc(C)c2cc1OC.O=CO. The van der Waals surface area contributed by atoms with Crippen molar-refractivity contribution in [1.82, 2.24) is 14.8 Å². The summed E-state index contributed by atoms with van der Waals surface area (Å²) >= 11 is 0. The number of hydrogen-bond donors (Lipinski definition) is 1. The van der Waals surface area contributed by atoms with Crippen LogP contribution in [0.4, 0.5) is 4.39 Å². The third kappa shape index (κ3) is 4.25. The summed E-state index contributed by atoms with van der Waals surface area (Å²) in [6, 6.07) is 12.2. The lowest BCUT2D eigenvalue weighted by Crippen LogP contribution is -1.99. The molecule has 2 aromatic carbocycles. The first-order valence-corrected chi connectivity index (χ1v) is 9.78. The number of carbonyl (C=O) groups is 1. The van der Waals surface area contributed by atoms with E-state index in [-0.39, 0.29) is 12.3 Å². The van der Waals surface area contributed by atoms with Crippen LogP contribution in [0.3, 0.4) is 0 Å². The zero-order chi connectivity index (χ0) is 23.4. The van der Waals surface area contributed by atoms with Gasteiger partial charge in [-0.25, -0.2) is 14.1 Å². The van der Waals surface area contributed by atoms with Crippen molar-refractivity contribution in [3.63, 3.8) is 0 Å². The van der Waals surface area contributed by atoms with Crippen molar-refractivity contribution in [2.45, 2.75) is 20.8 Å². The molecule has 0 spiro atoms. The quantitative estimate of drug-likeness (QED) is 0.459. The van der Waals surface area contributed by atoms with Crippen LogP contribution in [0.2, 0.25) is 0 Å². The van der Waals surface area contributed by atoms with E-state index in [1.54, 1.807) is 26.4 Å². The molecule has 0 aliphatic rings. The van der Waals surface area contributed by atoms with Crippen LogP contribution in [-0.4, -0.2) is 40.6 Å². The van der Waals surface area contributed by atoms with Crippen LogP contribution in [0, 0.1) is 26.6 Å². The van der Waals surface area contributed by atoms with Crippen molar-refractivity contribution < 1.29 is 23.8 Å². The smallest absolute Gasteiger partial charge is 0.290 e. The number of carboxylic acid groups (broad SMARTS) is 1. The Kier molecular flexibility index (Phi) is 6.73. The summed E-state index contributed by atoms with van der Waals surface area (Å²) in [6.45, 7) is 5.75. The Labute approximate surface area is 185 Å². The number of nitrogens with zero attached hydrogens (tertiary/aromatic N) is 3. The van der Waals surface area contributed by atoms with Gasteiger partial charge in [0.25, 0.3) is 6.47 Å². The maximum atomic E-state index is 13.3. The van der Waals surface area contributed by atoms with Crippen molar-refractivity contribution in [2.24, 2.45) is 0 Å². The molecule has 2 aromatic heterocycles. The predicted molar refractivity (Wildman–Crippen MR) is 120 cm³/mol. The minimum Gasteiger partial charge on any atom is -0.493 e. The zero-order valence-corrected chi connectivity index (χ0v) is 18.5. The number of rotatable bonds is 4. The molecule has 0 amide bonds. The number of hydrogen-bond acceptors (Lipinski definition) is 5. The molecule has 0 radical (unpaired) electrons. The summed E-state index contributed by atoms with van der Waals surface area (Å²) in [4.78, 5) is 13.2. The third-order valence-corrected chi connectivity index (χ3v) is 5.14. The first-order valence-electron chi connectivity index (χ1n) is 9.78. The van der Waals surface area contributed by atoms with Gasteiger partial charge in [-0.1, -0.05) is 0 Å². The number of ether oxygens (including phenoxy) is 2. The fraction of sp³-hybridized carbons (Fsp3) is 0.208. The minimum absolute atomic E-state index is 0.250. The van der Waals surface area contributed by atoms with E-state index in [0.717, 1.165) is 44.8 Å². The Morgan fingerprint density at radius 2 is 1.59 bits per heavy atom. The molecule has 1 N–H and O–H groups in total. The van der Waals surface area contributed by atoms with E-state index in [4.69, 9.17) is 24.4 Å². The van der Waals surface area contributed by atoms with E-state index in [1.807, 2.05) is 30.7 Å². The van der Waals surface area contributed by atoms with Gasteiger partial charge in [-0.2, -0.15) is 5.10 Å². The number of pyridine rings is 1. The number of aryl methyl sites for hydroxylation is 2. The van der Waals surface area contributed by atoms with E-state index in [9.17, 15) is 4.39 Å². The molecule has 2 heterocycles. The Morgan fingerprint density at radius 1 is 1.00 bits per heavy atom. The van der Waals surface area contributed by atoms with Crippen LogP contribution in [0.5, 0.6) is 11.5 Å². The molecule has 0 fully saturated rings. The standard InChI is InChI=1S/C23H22FN3O2.CH2O2/c1-13-10-20(25-19-12-22(29-5)21(28-4)11-18(13)19)23-14(2)26-27(15(23)3)17-8-6-16(24)7-9-17;2-1-3/h6-12H,1-5H3;1H,(H,2,3). The van der Waals surface area contributed by atoms with Crippen molar-refractivity contribution in [1.29, 1.82) is 0 Å². The Balaban J connectivity index is 0.000000913. The van der Waals surface area contributed by atoms with Gasteiger partial charge in [-0.05, 0) is 62.7 Å². The average molecular weight is 437 g/mol. The molecule has 166 valence electrons. The molecular weight excluding hydrogens is 413 g/mol. The van der Waals surface area contributed by atoms with Gasteiger partial charge in [0, 0.05) is 17.0 Å². The summed E-state index contributed by atoms with van der Waals surface area (Å²) in [5, 5.41) is 12.6. The van der Waals surface area contributed by atoms with Crippen LogP contribution in [0.1, 0.15) is 17.0 Å². The van der Waals surface area contributed by atoms with Crippen molar-refractivity contribution in [2.75, 3.05) is 14.2 Å². The molecule has 0 aliphatic heterocycles. The lowest BCUT2D eigenvalue weighted by molar-refractivity contribution is -0.122. The summed E-state index contributed by atoms with van der Waals surface area (Å²) in [5.74, 6) is 1.04. The molecule has 4 aromatic rings. The Morgan fingerprint density at radius 3 is 2.19 bits per heavy atom.